The summed E-state index contributed by atoms with van der Waals surface area (Å²) in [5.74, 6) is -2.35. The van der Waals surface area contributed by atoms with Gasteiger partial charge in [-0.2, -0.15) is 0 Å². The molecule has 3 aliphatic carbocycles. The van der Waals surface area contributed by atoms with Crippen LogP contribution in [0.1, 0.15) is 61.6 Å². The number of aliphatic hydroxyl groups is 2. The second kappa shape index (κ2) is 13.3. The highest BCUT2D eigenvalue weighted by molar-refractivity contribution is 7.99. The van der Waals surface area contributed by atoms with Crippen LogP contribution in [0.15, 0.2) is 41.6 Å². The summed E-state index contributed by atoms with van der Waals surface area (Å²) in [6.07, 6.45) is -0.677. The second-order valence-corrected chi connectivity index (χ2v) is 13.4. The summed E-state index contributed by atoms with van der Waals surface area (Å²) >= 11 is 1.47. The Morgan fingerprint density at radius 2 is 1.53 bits per heavy atom. The Balaban J connectivity index is 1.00. The lowest BCUT2D eigenvalue weighted by atomic mass is 10.1. The van der Waals surface area contributed by atoms with Crippen molar-refractivity contribution in [3.05, 3.63) is 70.8 Å². The highest BCUT2D eigenvalue weighted by atomic mass is 32.2. The van der Waals surface area contributed by atoms with Gasteiger partial charge in [0, 0.05) is 30.1 Å². The maximum Gasteiger partial charge on any atom is 0.191 e. The second-order valence-electron chi connectivity index (χ2n) is 12.3. The smallest absolute Gasteiger partial charge is 0.191 e. The number of rotatable bonds is 13. The van der Waals surface area contributed by atoms with Crippen LogP contribution < -0.4 is 5.32 Å². The first kappa shape index (κ1) is 32.2. The fourth-order valence-corrected chi connectivity index (χ4v) is 6.95. The first-order valence-corrected chi connectivity index (χ1v) is 16.7. The lowest BCUT2D eigenvalue weighted by Gasteiger charge is -2.17. The van der Waals surface area contributed by atoms with Crippen LogP contribution in [0.2, 0.25) is 0 Å². The first-order chi connectivity index (χ1) is 22.7. The molecule has 15 heteroatoms. The third-order valence-electron chi connectivity index (χ3n) is 8.99. The Hall–Kier alpha value is -3.37. The molecule has 0 spiro atoms. The van der Waals surface area contributed by atoms with Crippen molar-refractivity contribution in [2.24, 2.45) is 0 Å². The van der Waals surface area contributed by atoms with Crippen molar-refractivity contribution < 1.29 is 37.2 Å². The number of thioether (sulfide) groups is 1. The van der Waals surface area contributed by atoms with E-state index in [2.05, 4.69) is 20.6 Å². The Morgan fingerprint density at radius 1 is 0.851 bits per heavy atom. The fourth-order valence-electron chi connectivity index (χ4n) is 6.26. The van der Waals surface area contributed by atoms with Crippen molar-refractivity contribution in [2.75, 3.05) is 24.3 Å². The maximum absolute atomic E-state index is 13.8. The van der Waals surface area contributed by atoms with E-state index in [1.165, 1.54) is 28.6 Å². The minimum Gasteiger partial charge on any atom is -0.388 e. The molecule has 3 saturated carbocycles. The molecule has 3 aliphatic rings. The third kappa shape index (κ3) is 6.68. The number of benzene rings is 2. The fraction of sp³-hybridized carbons (Fsp3) is 0.500. The average molecular weight is 675 g/mol. The highest BCUT2D eigenvalue weighted by Crippen LogP contribution is 2.45. The first-order valence-electron chi connectivity index (χ1n) is 15.7. The van der Waals surface area contributed by atoms with Crippen molar-refractivity contribution in [3.8, 4) is 0 Å². The number of nitrogens with zero attached hydrogens (tertiary/aromatic N) is 5. The van der Waals surface area contributed by atoms with E-state index in [0.717, 1.165) is 24.3 Å². The molecular weight excluding hydrogens is 640 g/mol. The molecule has 2 heterocycles. The van der Waals surface area contributed by atoms with Gasteiger partial charge in [0.25, 0.3) is 0 Å². The standard InChI is InChI=1S/C32H34F4N6O4S/c1-2-9-47-32-38-30(37-23-12-17(23)15-3-5-19(33)21(35)10-15)27-31(39-32)42(41-40-27)24-14-26(29(44)28(24)43)46-8-7-45-25-13-18(25)16-4-6-20(34)22(36)11-16/h3-6,10-11,17-18,23-26,28-29,43-44H,2,7-9,12-14H2,1H3,(H,37,38,39)/t17-,18+,23+,24+,25?,26-,28-,29+/m0/s1. The predicted octanol–water partition coefficient (Wildman–Crippen LogP) is 4.87. The average Bonchev–Trinajstić information content (AvgIpc) is 3.95. The molecule has 3 N–H and O–H groups in total. The molecule has 4 aromatic rings. The number of aromatic nitrogens is 5. The van der Waals surface area contributed by atoms with E-state index in [4.69, 9.17) is 14.5 Å². The lowest BCUT2D eigenvalue weighted by Crippen LogP contribution is -2.33. The van der Waals surface area contributed by atoms with Crippen LogP contribution in [-0.2, 0) is 9.47 Å². The van der Waals surface area contributed by atoms with Crippen molar-refractivity contribution in [1.82, 2.24) is 25.0 Å². The van der Waals surface area contributed by atoms with Gasteiger partial charge in [-0.05, 0) is 54.7 Å². The number of ether oxygens (including phenoxy) is 2. The molecule has 0 aliphatic heterocycles. The molecule has 250 valence electrons. The summed E-state index contributed by atoms with van der Waals surface area (Å²) in [6.45, 7) is 2.44. The topological polar surface area (TPSA) is 127 Å². The van der Waals surface area contributed by atoms with Crippen molar-refractivity contribution in [3.63, 3.8) is 0 Å². The number of anilines is 1. The van der Waals surface area contributed by atoms with Gasteiger partial charge in [-0.15, -0.1) is 5.10 Å². The zero-order valence-electron chi connectivity index (χ0n) is 25.4. The number of hydrogen-bond donors (Lipinski definition) is 3. The van der Waals surface area contributed by atoms with E-state index < -0.39 is 47.6 Å². The zero-order chi connectivity index (χ0) is 32.8. The number of hydrogen-bond acceptors (Lipinski definition) is 10. The number of halogens is 4. The highest BCUT2D eigenvalue weighted by Gasteiger charge is 2.45. The molecule has 0 saturated heterocycles. The minimum absolute atomic E-state index is 0.00701. The normalized spacial score (nSPS) is 28.2. The summed E-state index contributed by atoms with van der Waals surface area (Å²) in [5.41, 5.74) is 2.16. The summed E-state index contributed by atoms with van der Waals surface area (Å²) in [7, 11) is 0. The molecule has 2 aromatic heterocycles. The van der Waals surface area contributed by atoms with Gasteiger partial charge in [0.1, 0.15) is 12.2 Å². The zero-order valence-corrected chi connectivity index (χ0v) is 26.2. The van der Waals surface area contributed by atoms with Crippen LogP contribution >= 0.6 is 11.8 Å². The Labute approximate surface area is 271 Å². The summed E-state index contributed by atoms with van der Waals surface area (Å²) < 4.78 is 67.4. The van der Waals surface area contributed by atoms with Crippen LogP contribution in [-0.4, -0.2) is 84.6 Å². The molecule has 1 unspecified atom stereocenters. The van der Waals surface area contributed by atoms with Gasteiger partial charge in [-0.1, -0.05) is 36.0 Å². The maximum atomic E-state index is 13.8. The van der Waals surface area contributed by atoms with E-state index in [1.807, 2.05) is 6.92 Å². The SMILES string of the molecule is CCCSc1nc(N[C@@H]2C[C@H]2c2ccc(F)c(F)c2)c2nnn([C@@H]3C[C@H](OCCOC4C[C@@H]4c4ccc(F)c(F)c4)[C@@H](O)[C@H]3O)c2n1. The van der Waals surface area contributed by atoms with E-state index in [1.54, 1.807) is 12.1 Å². The molecule has 0 amide bonds. The lowest BCUT2D eigenvalue weighted by molar-refractivity contribution is -0.0700. The van der Waals surface area contributed by atoms with Crippen LogP contribution in [0.4, 0.5) is 23.4 Å². The van der Waals surface area contributed by atoms with E-state index in [-0.39, 0.29) is 43.6 Å². The van der Waals surface area contributed by atoms with Crippen LogP contribution in [0.25, 0.3) is 11.2 Å². The van der Waals surface area contributed by atoms with E-state index in [0.29, 0.717) is 46.1 Å². The van der Waals surface area contributed by atoms with Crippen LogP contribution in [0.3, 0.4) is 0 Å². The summed E-state index contributed by atoms with van der Waals surface area (Å²) in [4.78, 5) is 9.37. The molecule has 3 fully saturated rings. The summed E-state index contributed by atoms with van der Waals surface area (Å²) in [6, 6.07) is 7.03. The molecular formula is C32H34F4N6O4S. The van der Waals surface area contributed by atoms with E-state index >= 15 is 0 Å². The van der Waals surface area contributed by atoms with Gasteiger partial charge in [-0.25, -0.2) is 32.2 Å². The Bertz CT molecular complexity index is 1770. The predicted molar refractivity (Wildman–Crippen MR) is 164 cm³/mol. The van der Waals surface area contributed by atoms with Gasteiger partial charge < -0.3 is 25.0 Å². The van der Waals surface area contributed by atoms with Crippen molar-refractivity contribution >= 4 is 28.7 Å². The van der Waals surface area contributed by atoms with Crippen molar-refractivity contribution in [1.29, 1.82) is 0 Å². The molecule has 8 atom stereocenters. The van der Waals surface area contributed by atoms with Crippen LogP contribution in [0, 0.1) is 23.3 Å². The van der Waals surface area contributed by atoms with Crippen LogP contribution in [0.5, 0.6) is 0 Å². The third-order valence-corrected chi connectivity index (χ3v) is 10.0. The summed E-state index contributed by atoms with van der Waals surface area (Å²) in [5, 5.41) is 34.4. The van der Waals surface area contributed by atoms with Gasteiger partial charge in [-0.3, -0.25) is 0 Å². The Kier molecular flexibility index (Phi) is 9.09. The van der Waals surface area contributed by atoms with Gasteiger partial charge in [0.15, 0.2) is 45.4 Å². The number of fused-ring (bicyclic) bond motifs is 1. The molecule has 0 radical (unpaired) electrons. The largest absolute Gasteiger partial charge is 0.388 e. The number of nitrogens with one attached hydrogen (secondary N) is 1. The van der Waals surface area contributed by atoms with Gasteiger partial charge in [0.2, 0.25) is 0 Å². The van der Waals surface area contributed by atoms with E-state index in [9.17, 15) is 27.8 Å². The molecule has 7 rings (SSSR count). The number of aliphatic hydroxyl groups excluding tert-OH is 2. The molecule has 0 bridgehead atoms. The molecule has 47 heavy (non-hydrogen) atoms. The molecule has 10 nitrogen and oxygen atoms in total. The van der Waals surface area contributed by atoms with Gasteiger partial charge >= 0.3 is 0 Å². The van der Waals surface area contributed by atoms with Gasteiger partial charge in [0.05, 0.1) is 31.5 Å². The monoisotopic (exact) mass is 674 g/mol. The minimum atomic E-state index is -1.20. The van der Waals surface area contributed by atoms with Crippen molar-refractivity contribution in [2.45, 2.75) is 86.1 Å². The Morgan fingerprint density at radius 3 is 2.21 bits per heavy atom. The quantitative estimate of drug-likeness (QED) is 0.0783. The molecule has 2 aromatic carbocycles.